The summed E-state index contributed by atoms with van der Waals surface area (Å²) in [7, 11) is -1.62. The Morgan fingerprint density at radius 3 is 2.48 bits per heavy atom. The summed E-state index contributed by atoms with van der Waals surface area (Å²) in [6, 6.07) is 10.1. The molecule has 0 atom stereocenters. The lowest BCUT2D eigenvalue weighted by Crippen LogP contribution is -2.16. The molecule has 0 spiro atoms. The van der Waals surface area contributed by atoms with Crippen LogP contribution < -0.4 is 10.9 Å². The van der Waals surface area contributed by atoms with Crippen LogP contribution in [0.15, 0.2) is 70.9 Å². The average Bonchev–Trinajstić information content (AvgIpc) is 2.74. The van der Waals surface area contributed by atoms with Crippen molar-refractivity contribution in [3.63, 3.8) is 0 Å². The number of pyridine rings is 2. The Morgan fingerprint density at radius 2 is 1.77 bits per heavy atom. The van der Waals surface area contributed by atoms with Crippen molar-refractivity contribution in [3.8, 4) is 11.8 Å². The second-order valence-corrected chi connectivity index (χ2v) is 8.86. The van der Waals surface area contributed by atoms with Crippen molar-refractivity contribution in [3.05, 3.63) is 82.9 Å². The second kappa shape index (κ2) is 8.01. The molecular weight excluding hydrogens is 414 g/mol. The minimum absolute atomic E-state index is 0.208. The summed E-state index contributed by atoms with van der Waals surface area (Å²) in [5.74, 6) is 6.50. The van der Waals surface area contributed by atoms with Crippen molar-refractivity contribution in [1.29, 1.82) is 0 Å². The van der Waals surface area contributed by atoms with Gasteiger partial charge in [-0.3, -0.25) is 4.79 Å². The molecule has 1 aromatic carbocycles. The minimum atomic E-state index is -3.25. The van der Waals surface area contributed by atoms with Gasteiger partial charge < -0.3 is 9.88 Å². The zero-order chi connectivity index (χ0) is 22.0. The van der Waals surface area contributed by atoms with Gasteiger partial charge in [-0.1, -0.05) is 0 Å². The fourth-order valence-corrected chi connectivity index (χ4v) is 3.48. The van der Waals surface area contributed by atoms with Crippen molar-refractivity contribution in [2.45, 2.75) is 4.90 Å². The SMILES string of the molecule is Cn1cc(C#Cc2nccc3cnc(Nc4ccc(S(C)(=O)=O)cc4)cc23)ncc1=O. The summed E-state index contributed by atoms with van der Waals surface area (Å²) < 4.78 is 24.6. The number of aryl methyl sites for hydroxylation is 1. The molecule has 0 bridgehead atoms. The summed E-state index contributed by atoms with van der Waals surface area (Å²) in [4.78, 5) is 24.5. The Morgan fingerprint density at radius 1 is 1.00 bits per heavy atom. The van der Waals surface area contributed by atoms with Gasteiger partial charge in [0.05, 0.1) is 11.1 Å². The van der Waals surface area contributed by atoms with E-state index in [9.17, 15) is 13.2 Å². The summed E-state index contributed by atoms with van der Waals surface area (Å²) >= 11 is 0. The van der Waals surface area contributed by atoms with E-state index in [1.807, 2.05) is 12.1 Å². The predicted molar refractivity (Wildman–Crippen MR) is 118 cm³/mol. The number of hydrogen-bond donors (Lipinski definition) is 1. The first-order valence-corrected chi connectivity index (χ1v) is 11.1. The summed E-state index contributed by atoms with van der Waals surface area (Å²) in [5.41, 5.74) is 1.50. The molecule has 154 valence electrons. The number of rotatable bonds is 3. The summed E-state index contributed by atoms with van der Waals surface area (Å²) in [5, 5.41) is 4.82. The van der Waals surface area contributed by atoms with Crippen LogP contribution in [0.2, 0.25) is 0 Å². The summed E-state index contributed by atoms with van der Waals surface area (Å²) in [6.45, 7) is 0. The zero-order valence-electron chi connectivity index (χ0n) is 16.7. The van der Waals surface area contributed by atoms with Crippen molar-refractivity contribution in [1.82, 2.24) is 19.5 Å². The minimum Gasteiger partial charge on any atom is -0.340 e. The van der Waals surface area contributed by atoms with E-state index in [-0.39, 0.29) is 10.5 Å². The lowest BCUT2D eigenvalue weighted by Gasteiger charge is -2.08. The quantitative estimate of drug-likeness (QED) is 0.496. The average molecular weight is 431 g/mol. The molecule has 0 aliphatic carbocycles. The van der Waals surface area contributed by atoms with Crippen LogP contribution in [0.5, 0.6) is 0 Å². The molecule has 0 aliphatic rings. The molecule has 0 fully saturated rings. The topological polar surface area (TPSA) is 107 Å². The molecule has 0 radical (unpaired) electrons. The molecular formula is C22H17N5O3S. The van der Waals surface area contributed by atoms with E-state index in [0.29, 0.717) is 22.9 Å². The molecule has 8 nitrogen and oxygen atoms in total. The molecule has 9 heteroatoms. The standard InChI is InChI=1S/C22H17N5O3S/c1-27-14-17(24-13-22(27)28)5-8-20-19-11-21(25-12-15(19)9-10-23-20)26-16-3-6-18(7-4-16)31(2,29)30/h3-4,6-7,9-14H,1-2H3,(H,25,26). The van der Waals surface area contributed by atoms with Gasteiger partial charge in [0.2, 0.25) is 0 Å². The largest absolute Gasteiger partial charge is 0.340 e. The van der Waals surface area contributed by atoms with E-state index in [1.54, 1.807) is 37.8 Å². The number of fused-ring (bicyclic) bond motifs is 1. The molecule has 0 saturated carbocycles. The van der Waals surface area contributed by atoms with Crippen LogP contribution in [-0.4, -0.2) is 34.2 Å². The van der Waals surface area contributed by atoms with Crippen LogP contribution in [-0.2, 0) is 16.9 Å². The molecule has 4 rings (SSSR count). The second-order valence-electron chi connectivity index (χ2n) is 6.84. The number of aromatic nitrogens is 4. The number of sulfone groups is 1. The third-order valence-electron chi connectivity index (χ3n) is 4.49. The first-order chi connectivity index (χ1) is 14.8. The van der Waals surface area contributed by atoms with E-state index >= 15 is 0 Å². The van der Waals surface area contributed by atoms with Gasteiger partial charge >= 0.3 is 0 Å². The van der Waals surface area contributed by atoms with Crippen molar-refractivity contribution in [2.24, 2.45) is 7.05 Å². The molecule has 0 amide bonds. The van der Waals surface area contributed by atoms with Crippen molar-refractivity contribution < 1.29 is 8.42 Å². The first-order valence-electron chi connectivity index (χ1n) is 9.16. The van der Waals surface area contributed by atoms with Gasteiger partial charge in [0.25, 0.3) is 5.56 Å². The third-order valence-corrected chi connectivity index (χ3v) is 5.62. The fraction of sp³-hybridized carbons (Fsp3) is 0.0909. The van der Waals surface area contributed by atoms with Gasteiger partial charge in [0.1, 0.15) is 17.2 Å². The highest BCUT2D eigenvalue weighted by molar-refractivity contribution is 7.90. The van der Waals surface area contributed by atoms with Crippen molar-refractivity contribution in [2.75, 3.05) is 11.6 Å². The monoisotopic (exact) mass is 431 g/mol. The molecule has 4 aromatic rings. The molecule has 0 saturated heterocycles. The van der Waals surface area contributed by atoms with Crippen LogP contribution in [0.4, 0.5) is 11.5 Å². The highest BCUT2D eigenvalue weighted by Crippen LogP contribution is 2.22. The number of anilines is 2. The predicted octanol–water partition coefficient (Wildman–Crippen LogP) is 2.27. The number of nitrogens with zero attached hydrogens (tertiary/aromatic N) is 4. The summed E-state index contributed by atoms with van der Waals surface area (Å²) in [6.07, 6.45) is 7.32. The van der Waals surface area contributed by atoms with Gasteiger partial charge in [-0.15, -0.1) is 0 Å². The van der Waals surface area contributed by atoms with Crippen LogP contribution >= 0.6 is 0 Å². The van der Waals surface area contributed by atoms with E-state index in [0.717, 1.165) is 10.8 Å². The third kappa shape index (κ3) is 4.60. The van der Waals surface area contributed by atoms with E-state index < -0.39 is 9.84 Å². The van der Waals surface area contributed by atoms with Crippen molar-refractivity contribution >= 4 is 32.1 Å². The highest BCUT2D eigenvalue weighted by atomic mass is 32.2. The molecule has 3 aromatic heterocycles. The Hall–Kier alpha value is -4.03. The normalized spacial score (nSPS) is 11.0. The molecule has 1 N–H and O–H groups in total. The zero-order valence-corrected chi connectivity index (χ0v) is 17.5. The van der Waals surface area contributed by atoms with Gasteiger partial charge in [-0.2, -0.15) is 0 Å². The van der Waals surface area contributed by atoms with Gasteiger partial charge in [-0.25, -0.2) is 23.4 Å². The van der Waals surface area contributed by atoms with Gasteiger partial charge in [0, 0.05) is 48.4 Å². The molecule has 0 unspecified atom stereocenters. The number of nitrogens with one attached hydrogen (secondary N) is 1. The van der Waals surface area contributed by atoms with Crippen LogP contribution in [0.1, 0.15) is 11.4 Å². The van der Waals surface area contributed by atoms with Crippen LogP contribution in [0.3, 0.4) is 0 Å². The number of hydrogen-bond acceptors (Lipinski definition) is 7. The number of benzene rings is 1. The van der Waals surface area contributed by atoms with E-state index in [4.69, 9.17) is 0 Å². The van der Waals surface area contributed by atoms with Crippen LogP contribution in [0, 0.1) is 11.8 Å². The lowest BCUT2D eigenvalue weighted by molar-refractivity contribution is 0.602. The Balaban J connectivity index is 1.67. The first kappa shape index (κ1) is 20.3. The Labute approximate surface area is 178 Å². The van der Waals surface area contributed by atoms with Crippen LogP contribution in [0.25, 0.3) is 10.8 Å². The Kier molecular flexibility index (Phi) is 5.23. The van der Waals surface area contributed by atoms with E-state index in [2.05, 4.69) is 32.1 Å². The van der Waals surface area contributed by atoms with E-state index in [1.165, 1.54) is 29.2 Å². The highest BCUT2D eigenvalue weighted by Gasteiger charge is 2.07. The molecule has 31 heavy (non-hydrogen) atoms. The smallest absolute Gasteiger partial charge is 0.268 e. The van der Waals surface area contributed by atoms with Gasteiger partial charge in [0.15, 0.2) is 9.84 Å². The molecule has 0 aliphatic heterocycles. The maximum atomic E-state index is 11.6. The molecule has 3 heterocycles. The Bertz CT molecular complexity index is 1520. The maximum Gasteiger partial charge on any atom is 0.268 e. The maximum absolute atomic E-state index is 11.6. The van der Waals surface area contributed by atoms with Gasteiger partial charge in [-0.05, 0) is 48.2 Å². The lowest BCUT2D eigenvalue weighted by atomic mass is 10.1. The fourth-order valence-electron chi connectivity index (χ4n) is 2.85.